The van der Waals surface area contributed by atoms with E-state index in [4.69, 9.17) is 4.74 Å². The van der Waals surface area contributed by atoms with Gasteiger partial charge < -0.3 is 9.84 Å². The van der Waals surface area contributed by atoms with E-state index in [9.17, 15) is 5.11 Å². The molecule has 1 unspecified atom stereocenters. The highest BCUT2D eigenvalue weighted by atomic mass is 16.5. The summed E-state index contributed by atoms with van der Waals surface area (Å²) in [5.41, 5.74) is 3.30. The lowest BCUT2D eigenvalue weighted by Crippen LogP contribution is -2.10. The van der Waals surface area contributed by atoms with Crippen molar-refractivity contribution in [1.82, 2.24) is 9.78 Å². The Bertz CT molecular complexity index is 542. The van der Waals surface area contributed by atoms with E-state index >= 15 is 0 Å². The molecule has 4 heteroatoms. The molecule has 0 aliphatic heterocycles. The van der Waals surface area contributed by atoms with Crippen molar-refractivity contribution in [2.45, 2.75) is 39.3 Å². The fourth-order valence-corrected chi connectivity index (χ4v) is 2.44. The molecule has 0 aliphatic carbocycles. The van der Waals surface area contributed by atoms with Gasteiger partial charge in [0.25, 0.3) is 0 Å². The Labute approximate surface area is 120 Å². The van der Waals surface area contributed by atoms with E-state index < -0.39 is 6.10 Å². The Kier molecular flexibility index (Phi) is 4.79. The highest BCUT2D eigenvalue weighted by Gasteiger charge is 2.19. The zero-order chi connectivity index (χ0) is 14.5. The summed E-state index contributed by atoms with van der Waals surface area (Å²) < 4.78 is 7.07. The van der Waals surface area contributed by atoms with Crippen LogP contribution in [0.15, 0.2) is 30.5 Å². The molecule has 0 radical (unpaired) electrons. The van der Waals surface area contributed by atoms with Gasteiger partial charge in [0.15, 0.2) is 5.75 Å². The van der Waals surface area contributed by atoms with Crippen LogP contribution < -0.4 is 4.74 Å². The van der Waals surface area contributed by atoms with E-state index in [2.05, 4.69) is 24.2 Å². The molecule has 0 amide bonds. The lowest BCUT2D eigenvalue weighted by atomic mass is 10.0. The van der Waals surface area contributed by atoms with Crippen LogP contribution in [0.2, 0.25) is 0 Å². The molecule has 2 rings (SSSR count). The summed E-state index contributed by atoms with van der Waals surface area (Å²) in [4.78, 5) is 0. The van der Waals surface area contributed by atoms with Crippen molar-refractivity contribution in [2.24, 2.45) is 0 Å². The lowest BCUT2D eigenvalue weighted by molar-refractivity contribution is 0.152. The van der Waals surface area contributed by atoms with E-state index in [0.29, 0.717) is 12.2 Å². The molecule has 1 N–H and O–H groups in total. The predicted octanol–water partition coefficient (Wildman–Crippen LogP) is 2.89. The van der Waals surface area contributed by atoms with Crippen LogP contribution in [0.4, 0.5) is 0 Å². The smallest absolute Gasteiger partial charge is 0.162 e. The molecule has 0 aliphatic rings. The third-order valence-electron chi connectivity index (χ3n) is 3.63. The van der Waals surface area contributed by atoms with Crippen LogP contribution in [-0.2, 0) is 13.0 Å². The van der Waals surface area contributed by atoms with E-state index in [1.807, 2.05) is 19.1 Å². The molecular weight excluding hydrogens is 252 g/mol. The molecule has 1 aromatic heterocycles. The summed E-state index contributed by atoms with van der Waals surface area (Å²) in [6.45, 7) is 4.82. The van der Waals surface area contributed by atoms with Crippen LogP contribution in [-0.4, -0.2) is 22.0 Å². The number of aromatic nitrogens is 2. The number of hydrogen-bond acceptors (Lipinski definition) is 3. The van der Waals surface area contributed by atoms with Gasteiger partial charge in [-0.05, 0) is 37.8 Å². The normalized spacial score (nSPS) is 12.4. The SMILES string of the molecule is CCn1ncc(OC)c1C(O)CCc1ccccc1C. The molecule has 1 aromatic carbocycles. The number of aryl methyl sites for hydroxylation is 3. The Morgan fingerprint density at radius 3 is 2.75 bits per heavy atom. The van der Waals surface area contributed by atoms with Crippen molar-refractivity contribution in [3.63, 3.8) is 0 Å². The second-order valence-corrected chi connectivity index (χ2v) is 4.89. The van der Waals surface area contributed by atoms with Gasteiger partial charge in [0, 0.05) is 6.54 Å². The molecule has 2 aromatic rings. The zero-order valence-corrected chi connectivity index (χ0v) is 12.3. The molecular formula is C16H22N2O2. The van der Waals surface area contributed by atoms with Crippen LogP contribution in [0, 0.1) is 6.92 Å². The topological polar surface area (TPSA) is 47.3 Å². The number of nitrogens with zero attached hydrogens (tertiary/aromatic N) is 2. The number of methoxy groups -OCH3 is 1. The van der Waals surface area contributed by atoms with Crippen molar-refractivity contribution < 1.29 is 9.84 Å². The number of benzene rings is 1. The maximum Gasteiger partial charge on any atom is 0.162 e. The Hall–Kier alpha value is -1.81. The number of hydrogen-bond donors (Lipinski definition) is 1. The van der Waals surface area contributed by atoms with Gasteiger partial charge in [-0.25, -0.2) is 0 Å². The van der Waals surface area contributed by atoms with Crippen LogP contribution in [0.3, 0.4) is 0 Å². The van der Waals surface area contributed by atoms with Gasteiger partial charge in [0.2, 0.25) is 0 Å². The van der Waals surface area contributed by atoms with Crippen LogP contribution >= 0.6 is 0 Å². The lowest BCUT2D eigenvalue weighted by Gasteiger charge is -2.15. The van der Waals surface area contributed by atoms with Gasteiger partial charge in [0.1, 0.15) is 5.69 Å². The van der Waals surface area contributed by atoms with Crippen LogP contribution in [0.1, 0.15) is 36.3 Å². The fourth-order valence-electron chi connectivity index (χ4n) is 2.44. The van der Waals surface area contributed by atoms with Crippen molar-refractivity contribution in [3.05, 3.63) is 47.3 Å². The fraction of sp³-hybridized carbons (Fsp3) is 0.438. The Morgan fingerprint density at radius 2 is 2.10 bits per heavy atom. The second-order valence-electron chi connectivity index (χ2n) is 4.89. The zero-order valence-electron chi connectivity index (χ0n) is 12.3. The largest absolute Gasteiger partial charge is 0.493 e. The molecule has 0 fully saturated rings. The molecule has 20 heavy (non-hydrogen) atoms. The third kappa shape index (κ3) is 3.02. The maximum absolute atomic E-state index is 10.4. The predicted molar refractivity (Wildman–Crippen MR) is 78.9 cm³/mol. The van der Waals surface area contributed by atoms with Gasteiger partial charge in [-0.1, -0.05) is 24.3 Å². The van der Waals surface area contributed by atoms with E-state index in [0.717, 1.165) is 18.7 Å². The Morgan fingerprint density at radius 1 is 1.35 bits per heavy atom. The average Bonchev–Trinajstić information content (AvgIpc) is 2.89. The summed E-state index contributed by atoms with van der Waals surface area (Å²) in [6.07, 6.45) is 2.60. The molecule has 0 saturated heterocycles. The molecule has 4 nitrogen and oxygen atoms in total. The molecule has 108 valence electrons. The van der Waals surface area contributed by atoms with Crippen molar-refractivity contribution >= 4 is 0 Å². The minimum absolute atomic E-state index is 0.563. The van der Waals surface area contributed by atoms with Gasteiger partial charge in [-0.15, -0.1) is 0 Å². The van der Waals surface area contributed by atoms with Gasteiger partial charge in [0.05, 0.1) is 19.4 Å². The quantitative estimate of drug-likeness (QED) is 0.881. The molecule has 0 spiro atoms. The minimum Gasteiger partial charge on any atom is -0.493 e. The van der Waals surface area contributed by atoms with Crippen LogP contribution in [0.5, 0.6) is 5.75 Å². The molecule has 0 bridgehead atoms. The number of rotatable bonds is 6. The van der Waals surface area contributed by atoms with Gasteiger partial charge in [-0.2, -0.15) is 5.10 Å². The van der Waals surface area contributed by atoms with E-state index in [1.54, 1.807) is 18.0 Å². The minimum atomic E-state index is -0.563. The van der Waals surface area contributed by atoms with Crippen molar-refractivity contribution in [2.75, 3.05) is 7.11 Å². The van der Waals surface area contributed by atoms with E-state index in [-0.39, 0.29) is 0 Å². The van der Waals surface area contributed by atoms with Gasteiger partial charge in [-0.3, -0.25) is 4.68 Å². The van der Waals surface area contributed by atoms with E-state index in [1.165, 1.54) is 11.1 Å². The standard InChI is InChI=1S/C16H22N2O2/c1-4-18-16(15(20-3)11-17-18)14(19)10-9-13-8-6-5-7-12(13)2/h5-8,11,14,19H,4,9-10H2,1-3H3. The monoisotopic (exact) mass is 274 g/mol. The summed E-state index contributed by atoms with van der Waals surface area (Å²) in [5.74, 6) is 0.657. The molecule has 1 atom stereocenters. The maximum atomic E-state index is 10.4. The summed E-state index contributed by atoms with van der Waals surface area (Å²) in [6, 6.07) is 8.27. The number of aliphatic hydroxyl groups excluding tert-OH is 1. The third-order valence-corrected chi connectivity index (χ3v) is 3.63. The molecule has 0 saturated carbocycles. The van der Waals surface area contributed by atoms with Gasteiger partial charge >= 0.3 is 0 Å². The number of aliphatic hydroxyl groups is 1. The Balaban J connectivity index is 2.10. The second kappa shape index (κ2) is 6.57. The van der Waals surface area contributed by atoms with Crippen LogP contribution in [0.25, 0.3) is 0 Å². The first-order valence-electron chi connectivity index (χ1n) is 6.99. The van der Waals surface area contributed by atoms with Crippen molar-refractivity contribution in [3.8, 4) is 5.75 Å². The molecule has 1 heterocycles. The first kappa shape index (κ1) is 14.6. The average molecular weight is 274 g/mol. The first-order valence-corrected chi connectivity index (χ1v) is 6.99. The first-order chi connectivity index (χ1) is 9.67. The number of ether oxygens (including phenoxy) is 1. The summed E-state index contributed by atoms with van der Waals surface area (Å²) in [7, 11) is 1.61. The summed E-state index contributed by atoms with van der Waals surface area (Å²) in [5, 5.41) is 14.7. The van der Waals surface area contributed by atoms with Crippen molar-refractivity contribution in [1.29, 1.82) is 0 Å². The summed E-state index contributed by atoms with van der Waals surface area (Å²) >= 11 is 0. The highest BCUT2D eigenvalue weighted by Crippen LogP contribution is 2.28. The highest BCUT2D eigenvalue weighted by molar-refractivity contribution is 5.29.